The monoisotopic (exact) mass is 663 g/mol. The second kappa shape index (κ2) is 13.1. The number of hydrogen-bond acceptors (Lipinski definition) is 10. The van der Waals surface area contributed by atoms with Gasteiger partial charge >= 0.3 is 0 Å². The summed E-state index contributed by atoms with van der Waals surface area (Å²) in [7, 11) is 0. The molecule has 4 aliphatic heterocycles. The minimum absolute atomic E-state index is 0.0670. The molecule has 7 rings (SSSR count). The van der Waals surface area contributed by atoms with Crippen LogP contribution in [-0.2, 0) is 20.1 Å². The Balaban J connectivity index is 0.962. The summed E-state index contributed by atoms with van der Waals surface area (Å²) < 4.78 is 26.4. The molecule has 4 amide bonds. The number of ether oxygens (including phenoxy) is 2. The van der Waals surface area contributed by atoms with Crippen molar-refractivity contribution < 1.29 is 33.0 Å². The van der Waals surface area contributed by atoms with Gasteiger partial charge in [0.25, 0.3) is 17.4 Å². The molecule has 3 saturated heterocycles. The average molecular weight is 664 g/mol. The Hall–Kier alpha value is -4.30. The van der Waals surface area contributed by atoms with Crippen molar-refractivity contribution in [2.75, 3.05) is 37.8 Å². The number of nitrogens with one attached hydrogen (secondary N) is 2. The number of thioether (sulfide) groups is 1. The molecule has 0 saturated carbocycles. The summed E-state index contributed by atoms with van der Waals surface area (Å²) in [6.07, 6.45) is 3.65. The maximum absolute atomic E-state index is 15.0. The number of rotatable bonds is 8. The third-order valence-electron chi connectivity index (χ3n) is 9.30. The number of benzene rings is 2. The lowest BCUT2D eigenvalue weighted by molar-refractivity contribution is -0.136. The van der Waals surface area contributed by atoms with Crippen LogP contribution in [-0.4, -0.2) is 82.7 Å². The fourth-order valence-electron chi connectivity index (χ4n) is 6.67. The van der Waals surface area contributed by atoms with Crippen LogP contribution in [0.3, 0.4) is 0 Å². The predicted molar refractivity (Wildman–Crippen MR) is 171 cm³/mol. The molecule has 1 unspecified atom stereocenters. The van der Waals surface area contributed by atoms with Crippen LogP contribution in [0.25, 0.3) is 10.9 Å². The number of anilines is 1. The van der Waals surface area contributed by atoms with Gasteiger partial charge in [-0.1, -0.05) is 0 Å². The van der Waals surface area contributed by atoms with Crippen molar-refractivity contribution >= 4 is 52.0 Å². The Bertz CT molecular complexity index is 1820. The van der Waals surface area contributed by atoms with Gasteiger partial charge in [0.05, 0.1) is 29.0 Å². The molecular formula is C33H34FN5O7S. The highest BCUT2D eigenvalue weighted by Gasteiger charge is 2.44. The second-order valence-electron chi connectivity index (χ2n) is 12.4. The van der Waals surface area contributed by atoms with Gasteiger partial charge < -0.3 is 19.4 Å². The van der Waals surface area contributed by atoms with Gasteiger partial charge in [0, 0.05) is 55.8 Å². The maximum atomic E-state index is 15.0. The number of amides is 4. The molecule has 47 heavy (non-hydrogen) atoms. The zero-order valence-electron chi connectivity index (χ0n) is 25.6. The molecule has 3 aromatic rings. The Labute approximate surface area is 273 Å². The van der Waals surface area contributed by atoms with E-state index in [1.807, 2.05) is 0 Å². The van der Waals surface area contributed by atoms with Crippen LogP contribution in [0, 0.1) is 11.7 Å². The molecule has 3 fully saturated rings. The van der Waals surface area contributed by atoms with E-state index in [0.717, 1.165) is 49.5 Å². The number of carbonyl (C=O) groups excluding carboxylic acids is 4. The van der Waals surface area contributed by atoms with E-state index in [1.165, 1.54) is 6.07 Å². The number of H-pyrrole nitrogens is 1. The van der Waals surface area contributed by atoms with Crippen molar-refractivity contribution in [3.63, 3.8) is 0 Å². The molecule has 1 atom stereocenters. The summed E-state index contributed by atoms with van der Waals surface area (Å²) in [5.74, 6) is -1.25. The Morgan fingerprint density at radius 1 is 0.957 bits per heavy atom. The van der Waals surface area contributed by atoms with Crippen molar-refractivity contribution in [1.82, 2.24) is 20.2 Å². The third-order valence-corrected chi connectivity index (χ3v) is 10.7. The highest BCUT2D eigenvalue weighted by molar-refractivity contribution is 7.99. The maximum Gasteiger partial charge on any atom is 0.262 e. The number of fused-ring (bicyclic) bond motifs is 2. The summed E-state index contributed by atoms with van der Waals surface area (Å²) in [4.78, 5) is 73.2. The molecule has 0 spiro atoms. The van der Waals surface area contributed by atoms with Gasteiger partial charge in [-0.15, -0.1) is 0 Å². The largest absolute Gasteiger partial charge is 0.493 e. The van der Waals surface area contributed by atoms with E-state index in [4.69, 9.17) is 9.47 Å². The van der Waals surface area contributed by atoms with E-state index in [-0.39, 0.29) is 40.8 Å². The molecule has 14 heteroatoms. The number of aromatic amines is 1. The number of carbonyl (C=O) groups is 4. The van der Waals surface area contributed by atoms with E-state index in [0.29, 0.717) is 42.3 Å². The minimum atomic E-state index is -1.00. The molecular weight excluding hydrogens is 629 g/mol. The van der Waals surface area contributed by atoms with Gasteiger partial charge in [-0.2, -0.15) is 11.8 Å². The first kappa shape index (κ1) is 31.3. The van der Waals surface area contributed by atoms with E-state index in [1.54, 1.807) is 36.0 Å². The molecule has 0 bridgehead atoms. The van der Waals surface area contributed by atoms with Crippen LogP contribution in [0.1, 0.15) is 65.1 Å². The number of hydrogen-bond donors (Lipinski definition) is 2. The molecule has 1 aromatic heterocycles. The SMILES string of the molecule is O=C1CCC(N2C(=O)c3ccc(N4CCC(COc5cc(F)c6c(=O)[nH]c(CSC7CCOCC7)nc6c5)CC4)cc3C2=O)C(=O)N1. The average Bonchev–Trinajstić information content (AvgIpc) is 3.31. The van der Waals surface area contributed by atoms with Crippen LogP contribution < -0.4 is 20.5 Å². The first-order valence-electron chi connectivity index (χ1n) is 15.9. The van der Waals surface area contributed by atoms with Gasteiger partial charge in [-0.3, -0.25) is 34.2 Å². The van der Waals surface area contributed by atoms with Crippen molar-refractivity contribution in [2.45, 2.75) is 55.6 Å². The summed E-state index contributed by atoms with van der Waals surface area (Å²) in [6.45, 7) is 3.20. The van der Waals surface area contributed by atoms with Gasteiger partial charge in [0.15, 0.2) is 0 Å². The number of halogens is 1. The number of imide groups is 2. The molecule has 2 aromatic carbocycles. The number of aromatic nitrogens is 2. The fourth-order valence-corrected chi connectivity index (χ4v) is 7.72. The van der Waals surface area contributed by atoms with E-state index in [2.05, 4.69) is 20.2 Å². The Morgan fingerprint density at radius 3 is 2.49 bits per heavy atom. The lowest BCUT2D eigenvalue weighted by Gasteiger charge is -2.33. The molecule has 4 aliphatic rings. The minimum Gasteiger partial charge on any atom is -0.493 e. The van der Waals surface area contributed by atoms with Crippen LogP contribution in [0.15, 0.2) is 35.1 Å². The molecule has 0 radical (unpaired) electrons. The van der Waals surface area contributed by atoms with Gasteiger partial charge in [0.2, 0.25) is 11.8 Å². The normalized spacial score (nSPS) is 21.0. The lowest BCUT2D eigenvalue weighted by Crippen LogP contribution is -2.54. The molecule has 246 valence electrons. The summed E-state index contributed by atoms with van der Waals surface area (Å²) >= 11 is 1.72. The first-order chi connectivity index (χ1) is 22.7. The first-order valence-corrected chi connectivity index (χ1v) is 16.9. The van der Waals surface area contributed by atoms with Crippen LogP contribution in [0.5, 0.6) is 5.75 Å². The quantitative estimate of drug-likeness (QED) is 0.344. The topological polar surface area (TPSA) is 151 Å². The summed E-state index contributed by atoms with van der Waals surface area (Å²) in [6, 6.07) is 6.96. The van der Waals surface area contributed by atoms with Crippen molar-refractivity contribution in [3.05, 3.63) is 63.5 Å². The summed E-state index contributed by atoms with van der Waals surface area (Å²) in [5, 5.41) is 2.56. The van der Waals surface area contributed by atoms with E-state index >= 15 is 0 Å². The highest BCUT2D eigenvalue weighted by atomic mass is 32.2. The van der Waals surface area contributed by atoms with Crippen LogP contribution >= 0.6 is 11.8 Å². The number of piperidine rings is 2. The Kier molecular flexibility index (Phi) is 8.71. The van der Waals surface area contributed by atoms with Gasteiger partial charge in [-0.25, -0.2) is 9.37 Å². The smallest absolute Gasteiger partial charge is 0.262 e. The molecule has 5 heterocycles. The van der Waals surface area contributed by atoms with Crippen molar-refractivity contribution in [2.24, 2.45) is 5.92 Å². The Morgan fingerprint density at radius 2 is 1.72 bits per heavy atom. The fraction of sp³-hybridized carbons (Fsp3) is 0.455. The highest BCUT2D eigenvalue weighted by Crippen LogP contribution is 2.33. The van der Waals surface area contributed by atoms with Crippen molar-refractivity contribution in [1.29, 1.82) is 0 Å². The molecule has 2 N–H and O–H groups in total. The predicted octanol–water partition coefficient (Wildman–Crippen LogP) is 3.17. The lowest BCUT2D eigenvalue weighted by atomic mass is 9.97. The van der Waals surface area contributed by atoms with Gasteiger partial charge in [0.1, 0.15) is 28.8 Å². The standard InChI is InChI=1S/C33H34FN5O7S/c34-24-14-20(15-25-29(24)31(42)36-27(35-25)17-47-21-7-11-45-12-8-21)46-16-18-5-9-38(10-6-18)19-1-2-22-23(13-19)33(44)39(32(22)43)26-3-4-28(40)37-30(26)41/h1-2,13-15,18,21,26H,3-12,16-17H2,(H,35,36,42)(H,37,40,41). The zero-order chi connectivity index (χ0) is 32.7. The molecule has 0 aliphatic carbocycles. The van der Waals surface area contributed by atoms with Gasteiger partial charge in [-0.05, 0) is 56.2 Å². The zero-order valence-corrected chi connectivity index (χ0v) is 26.4. The van der Waals surface area contributed by atoms with Crippen LogP contribution in [0.4, 0.5) is 10.1 Å². The van der Waals surface area contributed by atoms with E-state index in [9.17, 15) is 28.4 Å². The second-order valence-corrected chi connectivity index (χ2v) is 13.6. The molecule has 12 nitrogen and oxygen atoms in total. The summed E-state index contributed by atoms with van der Waals surface area (Å²) in [5.41, 5.74) is 1.06. The van der Waals surface area contributed by atoms with E-state index < -0.39 is 41.0 Å². The third kappa shape index (κ3) is 6.35. The van der Waals surface area contributed by atoms with Crippen molar-refractivity contribution in [3.8, 4) is 5.75 Å². The van der Waals surface area contributed by atoms with Crippen LogP contribution in [0.2, 0.25) is 0 Å². The number of nitrogens with zero attached hydrogens (tertiary/aromatic N) is 3.